The molecule has 0 radical (unpaired) electrons. The summed E-state index contributed by atoms with van der Waals surface area (Å²) in [5.74, 6) is 1.74. The fourth-order valence-electron chi connectivity index (χ4n) is 3.58. The molecule has 2 N–H and O–H groups in total. The molecule has 3 atom stereocenters. The SMILES string of the molecule is CC1CCCC2(C1)C[C@H](N)c1cc(Br)ccc1O2. The van der Waals surface area contributed by atoms with Crippen LogP contribution in [0, 0.1) is 5.92 Å². The zero-order valence-electron chi connectivity index (χ0n) is 10.8. The third-order valence-electron chi connectivity index (χ3n) is 4.34. The first-order valence-corrected chi connectivity index (χ1v) is 7.61. The molecular weight excluding hydrogens is 290 g/mol. The van der Waals surface area contributed by atoms with Crippen LogP contribution in [0.15, 0.2) is 22.7 Å². The predicted molar refractivity (Wildman–Crippen MR) is 76.7 cm³/mol. The first-order valence-electron chi connectivity index (χ1n) is 6.82. The topological polar surface area (TPSA) is 35.2 Å². The minimum Gasteiger partial charge on any atom is -0.487 e. The van der Waals surface area contributed by atoms with Crippen LogP contribution in [-0.2, 0) is 0 Å². The fourth-order valence-corrected chi connectivity index (χ4v) is 3.96. The second kappa shape index (κ2) is 4.53. The summed E-state index contributed by atoms with van der Waals surface area (Å²) >= 11 is 3.50. The monoisotopic (exact) mass is 309 g/mol. The van der Waals surface area contributed by atoms with Crippen molar-refractivity contribution >= 4 is 15.9 Å². The van der Waals surface area contributed by atoms with E-state index in [-0.39, 0.29) is 11.6 Å². The normalized spacial score (nSPS) is 35.1. The Bertz CT molecular complexity index is 462. The van der Waals surface area contributed by atoms with Crippen LogP contribution in [0.2, 0.25) is 0 Å². The van der Waals surface area contributed by atoms with Gasteiger partial charge in [0.05, 0.1) is 0 Å². The van der Waals surface area contributed by atoms with E-state index in [9.17, 15) is 0 Å². The maximum Gasteiger partial charge on any atom is 0.124 e. The van der Waals surface area contributed by atoms with E-state index in [1.807, 2.05) is 6.07 Å². The molecule has 1 aliphatic heterocycles. The lowest BCUT2D eigenvalue weighted by Gasteiger charge is -2.45. The fraction of sp³-hybridized carbons (Fsp3) is 0.600. The zero-order chi connectivity index (χ0) is 12.8. The van der Waals surface area contributed by atoms with Crippen LogP contribution in [0.5, 0.6) is 5.75 Å². The van der Waals surface area contributed by atoms with Crippen molar-refractivity contribution in [2.45, 2.75) is 50.7 Å². The summed E-state index contributed by atoms with van der Waals surface area (Å²) in [7, 11) is 0. The average Bonchev–Trinajstić information content (AvgIpc) is 2.30. The molecule has 1 aromatic carbocycles. The highest BCUT2D eigenvalue weighted by Crippen LogP contribution is 2.47. The molecule has 0 bridgehead atoms. The van der Waals surface area contributed by atoms with Crippen molar-refractivity contribution < 1.29 is 4.74 Å². The number of nitrogens with two attached hydrogens (primary N) is 1. The predicted octanol–water partition coefficient (Wildman–Crippen LogP) is 4.18. The van der Waals surface area contributed by atoms with Crippen molar-refractivity contribution in [1.82, 2.24) is 0 Å². The third-order valence-corrected chi connectivity index (χ3v) is 4.83. The summed E-state index contributed by atoms with van der Waals surface area (Å²) in [5, 5.41) is 0. The van der Waals surface area contributed by atoms with Crippen LogP contribution >= 0.6 is 15.9 Å². The molecule has 98 valence electrons. The Balaban J connectivity index is 1.93. The van der Waals surface area contributed by atoms with E-state index in [0.717, 1.165) is 41.0 Å². The third kappa shape index (κ3) is 2.19. The van der Waals surface area contributed by atoms with Crippen molar-refractivity contribution in [1.29, 1.82) is 0 Å². The van der Waals surface area contributed by atoms with Crippen LogP contribution in [0.4, 0.5) is 0 Å². The van der Waals surface area contributed by atoms with Gasteiger partial charge in [-0.2, -0.15) is 0 Å². The van der Waals surface area contributed by atoms with Gasteiger partial charge in [-0.1, -0.05) is 29.3 Å². The van der Waals surface area contributed by atoms with Gasteiger partial charge in [0.2, 0.25) is 0 Å². The molecule has 1 aromatic rings. The van der Waals surface area contributed by atoms with Gasteiger partial charge >= 0.3 is 0 Å². The molecule has 0 saturated heterocycles. The molecule has 1 aliphatic carbocycles. The molecule has 2 unspecified atom stereocenters. The van der Waals surface area contributed by atoms with Gasteiger partial charge in [-0.25, -0.2) is 0 Å². The van der Waals surface area contributed by atoms with E-state index >= 15 is 0 Å². The molecule has 1 spiro atoms. The van der Waals surface area contributed by atoms with Crippen LogP contribution in [0.3, 0.4) is 0 Å². The summed E-state index contributed by atoms with van der Waals surface area (Å²) in [5.41, 5.74) is 7.51. The standard InChI is InChI=1S/C15H20BrNO/c1-10-3-2-6-15(8-10)9-13(17)12-7-11(16)4-5-14(12)18-15/h4-5,7,10,13H,2-3,6,8-9,17H2,1H3/t10?,13-,15?/m0/s1. The van der Waals surface area contributed by atoms with E-state index in [4.69, 9.17) is 10.5 Å². The Hall–Kier alpha value is -0.540. The lowest BCUT2D eigenvalue weighted by Crippen LogP contribution is -2.46. The lowest BCUT2D eigenvalue weighted by molar-refractivity contribution is -0.0139. The number of benzene rings is 1. The molecule has 18 heavy (non-hydrogen) atoms. The van der Waals surface area contributed by atoms with Crippen LogP contribution in [0.25, 0.3) is 0 Å². The van der Waals surface area contributed by atoms with Crippen molar-refractivity contribution in [3.63, 3.8) is 0 Å². The van der Waals surface area contributed by atoms with Gasteiger partial charge in [0, 0.05) is 22.5 Å². The number of fused-ring (bicyclic) bond motifs is 1. The largest absolute Gasteiger partial charge is 0.487 e. The maximum absolute atomic E-state index is 6.37. The van der Waals surface area contributed by atoms with Gasteiger partial charge in [0.25, 0.3) is 0 Å². The number of ether oxygens (including phenoxy) is 1. The molecule has 3 rings (SSSR count). The smallest absolute Gasteiger partial charge is 0.124 e. The van der Waals surface area contributed by atoms with Crippen LogP contribution < -0.4 is 10.5 Å². The van der Waals surface area contributed by atoms with E-state index in [1.165, 1.54) is 12.8 Å². The van der Waals surface area contributed by atoms with Gasteiger partial charge in [-0.15, -0.1) is 0 Å². The molecule has 0 aromatic heterocycles. The van der Waals surface area contributed by atoms with E-state index < -0.39 is 0 Å². The van der Waals surface area contributed by atoms with E-state index in [2.05, 4.69) is 35.0 Å². The summed E-state index contributed by atoms with van der Waals surface area (Å²) in [6, 6.07) is 6.30. The maximum atomic E-state index is 6.37. The Morgan fingerprint density at radius 2 is 2.22 bits per heavy atom. The molecule has 1 fully saturated rings. The number of hydrogen-bond acceptors (Lipinski definition) is 2. The summed E-state index contributed by atoms with van der Waals surface area (Å²) in [6.07, 6.45) is 5.85. The van der Waals surface area contributed by atoms with E-state index in [1.54, 1.807) is 0 Å². The Labute approximate surface area is 117 Å². The summed E-state index contributed by atoms with van der Waals surface area (Å²) < 4.78 is 7.43. The molecule has 3 heteroatoms. The van der Waals surface area contributed by atoms with Gasteiger partial charge in [-0.3, -0.25) is 0 Å². The number of halogens is 1. The lowest BCUT2D eigenvalue weighted by atomic mass is 9.73. The Morgan fingerprint density at radius 1 is 1.39 bits per heavy atom. The molecule has 2 nitrogen and oxygen atoms in total. The van der Waals surface area contributed by atoms with Crippen molar-refractivity contribution in [3.05, 3.63) is 28.2 Å². The minimum absolute atomic E-state index is 0.00207. The molecule has 2 aliphatic rings. The highest BCUT2D eigenvalue weighted by Gasteiger charge is 2.42. The van der Waals surface area contributed by atoms with Gasteiger partial charge < -0.3 is 10.5 Å². The highest BCUT2D eigenvalue weighted by atomic mass is 79.9. The highest BCUT2D eigenvalue weighted by molar-refractivity contribution is 9.10. The number of rotatable bonds is 0. The molecule has 0 amide bonds. The quantitative estimate of drug-likeness (QED) is 0.780. The second-order valence-electron chi connectivity index (χ2n) is 5.98. The van der Waals surface area contributed by atoms with Crippen molar-refractivity contribution in [2.75, 3.05) is 0 Å². The summed E-state index contributed by atoms with van der Waals surface area (Å²) in [4.78, 5) is 0. The van der Waals surface area contributed by atoms with Crippen molar-refractivity contribution in [2.24, 2.45) is 11.7 Å². The first kappa shape index (κ1) is 12.5. The second-order valence-corrected chi connectivity index (χ2v) is 6.90. The molecular formula is C15H20BrNO. The first-order chi connectivity index (χ1) is 8.58. The van der Waals surface area contributed by atoms with Crippen LogP contribution in [-0.4, -0.2) is 5.60 Å². The van der Waals surface area contributed by atoms with E-state index in [0.29, 0.717) is 0 Å². The Morgan fingerprint density at radius 3 is 3.00 bits per heavy atom. The van der Waals surface area contributed by atoms with Gasteiger partial charge in [-0.05, 0) is 43.4 Å². The number of hydrogen-bond donors (Lipinski definition) is 1. The van der Waals surface area contributed by atoms with Crippen LogP contribution in [0.1, 0.15) is 50.6 Å². The summed E-state index contributed by atoms with van der Waals surface area (Å²) in [6.45, 7) is 2.33. The zero-order valence-corrected chi connectivity index (χ0v) is 12.4. The minimum atomic E-state index is -0.00207. The van der Waals surface area contributed by atoms with Gasteiger partial charge in [0.1, 0.15) is 11.4 Å². The average molecular weight is 310 g/mol. The molecule has 1 saturated carbocycles. The molecule has 1 heterocycles. The van der Waals surface area contributed by atoms with Gasteiger partial charge in [0.15, 0.2) is 0 Å². The Kier molecular flexibility index (Phi) is 3.15. The van der Waals surface area contributed by atoms with Crippen molar-refractivity contribution in [3.8, 4) is 5.75 Å².